The molecule has 110 valence electrons. The molecule has 0 fully saturated rings. The van der Waals surface area contributed by atoms with Gasteiger partial charge in [-0.15, -0.1) is 5.10 Å². The van der Waals surface area contributed by atoms with E-state index in [0.29, 0.717) is 36.3 Å². The summed E-state index contributed by atoms with van der Waals surface area (Å²) in [5.41, 5.74) is 8.47. The highest BCUT2D eigenvalue weighted by molar-refractivity contribution is 5.55. The molecule has 0 saturated carbocycles. The van der Waals surface area contributed by atoms with Crippen LogP contribution in [0.1, 0.15) is 30.5 Å². The van der Waals surface area contributed by atoms with Crippen LogP contribution in [-0.2, 0) is 13.2 Å². The Hall–Kier alpha value is -2.48. The van der Waals surface area contributed by atoms with Crippen LogP contribution in [0.25, 0.3) is 0 Å². The van der Waals surface area contributed by atoms with Gasteiger partial charge in [-0.05, 0) is 18.4 Å². The lowest BCUT2D eigenvalue weighted by Gasteiger charge is -2.06. The van der Waals surface area contributed by atoms with Crippen LogP contribution in [0.2, 0.25) is 0 Å². The second-order valence-corrected chi connectivity index (χ2v) is 5.53. The number of hydrogen-bond donors (Lipinski definition) is 1. The molecule has 0 aliphatic rings. The van der Waals surface area contributed by atoms with Crippen LogP contribution in [0.5, 0.6) is 5.88 Å². The van der Waals surface area contributed by atoms with Gasteiger partial charge in [-0.2, -0.15) is 5.26 Å². The van der Waals surface area contributed by atoms with Crippen LogP contribution in [0.3, 0.4) is 0 Å². The Kier molecular flexibility index (Phi) is 4.49. The van der Waals surface area contributed by atoms with Gasteiger partial charge in [0.15, 0.2) is 5.56 Å². The molecule has 0 spiro atoms. The summed E-state index contributed by atoms with van der Waals surface area (Å²) in [6.07, 6.45) is 0. The number of nitrogens with two attached hydrogens (primary N) is 1. The molecule has 0 amide bonds. The van der Waals surface area contributed by atoms with E-state index in [1.165, 1.54) is 5.56 Å². The van der Waals surface area contributed by atoms with Crippen molar-refractivity contribution in [1.82, 2.24) is 9.78 Å². The zero-order chi connectivity index (χ0) is 15.4. The largest absolute Gasteiger partial charge is 0.471 e. The minimum atomic E-state index is 0.303. The molecule has 5 heteroatoms. The SMILES string of the molecule is Cc1cccc(COc2nn(CC(C)C)c(N)c2C#N)c1. The molecule has 0 atom stereocenters. The number of nitrogens with zero attached hydrogens (tertiary/aromatic N) is 3. The Labute approximate surface area is 124 Å². The Morgan fingerprint density at radius 3 is 2.81 bits per heavy atom. The third-order valence-electron chi connectivity index (χ3n) is 3.07. The van der Waals surface area contributed by atoms with Gasteiger partial charge in [-0.1, -0.05) is 43.7 Å². The molecule has 0 unspecified atom stereocenters. The Bertz CT molecular complexity index is 667. The molecule has 0 radical (unpaired) electrons. The Morgan fingerprint density at radius 1 is 1.43 bits per heavy atom. The summed E-state index contributed by atoms with van der Waals surface area (Å²) in [6.45, 7) is 7.20. The van der Waals surface area contributed by atoms with Crippen LogP contribution < -0.4 is 10.5 Å². The summed E-state index contributed by atoms with van der Waals surface area (Å²) >= 11 is 0. The van der Waals surface area contributed by atoms with E-state index < -0.39 is 0 Å². The van der Waals surface area contributed by atoms with Crippen molar-refractivity contribution >= 4 is 5.82 Å². The first kappa shape index (κ1) is 14.9. The number of rotatable bonds is 5. The number of ether oxygens (including phenoxy) is 1. The third-order valence-corrected chi connectivity index (χ3v) is 3.07. The van der Waals surface area contributed by atoms with Gasteiger partial charge in [0.05, 0.1) is 0 Å². The van der Waals surface area contributed by atoms with Crippen molar-refractivity contribution in [2.75, 3.05) is 5.73 Å². The maximum absolute atomic E-state index is 9.22. The molecular weight excluding hydrogens is 264 g/mol. The minimum Gasteiger partial charge on any atom is -0.471 e. The Morgan fingerprint density at radius 2 is 2.19 bits per heavy atom. The smallest absolute Gasteiger partial charge is 0.253 e. The van der Waals surface area contributed by atoms with Crippen LogP contribution >= 0.6 is 0 Å². The molecule has 5 nitrogen and oxygen atoms in total. The van der Waals surface area contributed by atoms with Crippen molar-refractivity contribution in [2.45, 2.75) is 33.9 Å². The van der Waals surface area contributed by atoms with Gasteiger partial charge in [0.1, 0.15) is 18.5 Å². The monoisotopic (exact) mass is 284 g/mol. The van der Waals surface area contributed by atoms with Gasteiger partial charge in [-0.3, -0.25) is 0 Å². The van der Waals surface area contributed by atoms with Gasteiger partial charge in [-0.25, -0.2) is 4.68 Å². The lowest BCUT2D eigenvalue weighted by atomic mass is 10.1. The van der Waals surface area contributed by atoms with Crippen molar-refractivity contribution in [3.8, 4) is 11.9 Å². The lowest BCUT2D eigenvalue weighted by Crippen LogP contribution is -2.09. The molecule has 21 heavy (non-hydrogen) atoms. The van der Waals surface area contributed by atoms with Crippen molar-refractivity contribution in [3.05, 3.63) is 41.0 Å². The Balaban J connectivity index is 2.18. The lowest BCUT2D eigenvalue weighted by molar-refractivity contribution is 0.287. The summed E-state index contributed by atoms with van der Waals surface area (Å²) in [6, 6.07) is 10.1. The molecule has 2 rings (SSSR count). The highest BCUT2D eigenvalue weighted by Crippen LogP contribution is 2.24. The molecule has 2 N–H and O–H groups in total. The van der Waals surface area contributed by atoms with E-state index in [1.54, 1.807) is 4.68 Å². The normalized spacial score (nSPS) is 10.6. The van der Waals surface area contributed by atoms with Crippen LogP contribution in [-0.4, -0.2) is 9.78 Å². The quantitative estimate of drug-likeness (QED) is 0.915. The number of aromatic nitrogens is 2. The topological polar surface area (TPSA) is 76.9 Å². The van der Waals surface area contributed by atoms with Gasteiger partial charge >= 0.3 is 0 Å². The van der Waals surface area contributed by atoms with Crippen molar-refractivity contribution < 1.29 is 4.74 Å². The summed E-state index contributed by atoms with van der Waals surface area (Å²) < 4.78 is 7.31. The second-order valence-electron chi connectivity index (χ2n) is 5.53. The average molecular weight is 284 g/mol. The summed E-state index contributed by atoms with van der Waals surface area (Å²) in [5.74, 6) is 1.06. The third kappa shape index (κ3) is 3.54. The number of anilines is 1. The predicted molar refractivity (Wildman–Crippen MR) is 81.7 cm³/mol. The molecule has 0 aliphatic heterocycles. The van der Waals surface area contributed by atoms with E-state index >= 15 is 0 Å². The molecular formula is C16H20N4O. The van der Waals surface area contributed by atoms with Gasteiger partial charge in [0, 0.05) is 6.54 Å². The van der Waals surface area contributed by atoms with Crippen molar-refractivity contribution in [1.29, 1.82) is 5.26 Å². The van der Waals surface area contributed by atoms with E-state index in [9.17, 15) is 5.26 Å². The molecule has 1 heterocycles. The first-order valence-electron chi connectivity index (χ1n) is 6.96. The second kappa shape index (κ2) is 6.31. The maximum Gasteiger partial charge on any atom is 0.253 e. The van der Waals surface area contributed by atoms with Crippen LogP contribution in [0.4, 0.5) is 5.82 Å². The number of nitrogen functional groups attached to an aromatic ring is 1. The molecule has 0 bridgehead atoms. The number of nitriles is 1. The van der Waals surface area contributed by atoms with E-state index in [2.05, 4.69) is 25.0 Å². The number of hydrogen-bond acceptors (Lipinski definition) is 4. The number of aryl methyl sites for hydroxylation is 1. The van der Waals surface area contributed by atoms with Crippen molar-refractivity contribution in [3.63, 3.8) is 0 Å². The maximum atomic E-state index is 9.22. The minimum absolute atomic E-state index is 0.303. The molecule has 0 aliphatic carbocycles. The van der Waals surface area contributed by atoms with Gasteiger partial charge in [0.2, 0.25) is 0 Å². The summed E-state index contributed by atoms with van der Waals surface area (Å²) in [5, 5.41) is 13.5. The first-order valence-corrected chi connectivity index (χ1v) is 6.96. The fourth-order valence-corrected chi connectivity index (χ4v) is 2.10. The fourth-order valence-electron chi connectivity index (χ4n) is 2.10. The number of benzene rings is 1. The zero-order valence-electron chi connectivity index (χ0n) is 12.6. The summed E-state index contributed by atoms with van der Waals surface area (Å²) in [7, 11) is 0. The highest BCUT2D eigenvalue weighted by atomic mass is 16.5. The van der Waals surface area contributed by atoms with E-state index in [4.69, 9.17) is 10.5 Å². The first-order chi connectivity index (χ1) is 10.0. The molecule has 1 aromatic carbocycles. The van der Waals surface area contributed by atoms with Crippen molar-refractivity contribution in [2.24, 2.45) is 5.92 Å². The standard InChI is InChI=1S/C16H20N4O/c1-11(2)9-20-15(18)14(8-17)16(19-20)21-10-13-6-4-5-12(3)7-13/h4-7,11H,9-10,18H2,1-3H3. The van der Waals surface area contributed by atoms with Crippen LogP contribution in [0.15, 0.2) is 24.3 Å². The van der Waals surface area contributed by atoms with E-state index in [-0.39, 0.29) is 0 Å². The summed E-state index contributed by atoms with van der Waals surface area (Å²) in [4.78, 5) is 0. The van der Waals surface area contributed by atoms with Gasteiger partial charge < -0.3 is 10.5 Å². The fraction of sp³-hybridized carbons (Fsp3) is 0.375. The molecule has 1 aromatic heterocycles. The zero-order valence-corrected chi connectivity index (χ0v) is 12.6. The van der Waals surface area contributed by atoms with E-state index in [0.717, 1.165) is 5.56 Å². The van der Waals surface area contributed by atoms with Gasteiger partial charge in [0.25, 0.3) is 5.88 Å². The van der Waals surface area contributed by atoms with E-state index in [1.807, 2.05) is 31.2 Å². The average Bonchev–Trinajstić information content (AvgIpc) is 2.72. The highest BCUT2D eigenvalue weighted by Gasteiger charge is 2.17. The molecule has 2 aromatic rings. The predicted octanol–water partition coefficient (Wildman–Crippen LogP) is 2.88. The molecule has 0 saturated heterocycles. The van der Waals surface area contributed by atoms with Crippen LogP contribution in [0, 0.1) is 24.2 Å².